The van der Waals surface area contributed by atoms with Gasteiger partial charge in [0, 0.05) is 48.5 Å². The summed E-state index contributed by atoms with van der Waals surface area (Å²) in [5, 5.41) is 13.4. The average Bonchev–Trinajstić information content (AvgIpc) is 3.25. The number of aromatic nitrogens is 2. The molecule has 0 saturated heterocycles. The summed E-state index contributed by atoms with van der Waals surface area (Å²) >= 11 is 0. The molecule has 2 aliphatic rings. The third-order valence-electron chi connectivity index (χ3n) is 7.14. The highest BCUT2D eigenvalue weighted by Crippen LogP contribution is 2.28. The molecule has 6 nitrogen and oxygen atoms in total. The van der Waals surface area contributed by atoms with Crippen LogP contribution in [0.25, 0.3) is 10.9 Å². The van der Waals surface area contributed by atoms with Gasteiger partial charge in [-0.25, -0.2) is 0 Å². The molecule has 0 bridgehead atoms. The Balaban J connectivity index is 1.09. The van der Waals surface area contributed by atoms with Crippen molar-refractivity contribution < 1.29 is 4.79 Å². The molecule has 2 aromatic heterocycles. The minimum absolute atomic E-state index is 0.0140. The predicted octanol–water partition coefficient (Wildman–Crippen LogP) is 4.10. The molecule has 1 aromatic carbocycles. The van der Waals surface area contributed by atoms with Gasteiger partial charge in [-0.3, -0.25) is 14.7 Å². The van der Waals surface area contributed by atoms with Gasteiger partial charge < -0.3 is 9.88 Å². The molecule has 164 valence electrons. The van der Waals surface area contributed by atoms with Gasteiger partial charge in [0.25, 0.3) is 5.91 Å². The first-order chi connectivity index (χ1) is 15.7. The molecular weight excluding hydrogens is 398 g/mol. The number of benzene rings is 1. The van der Waals surface area contributed by atoms with Crippen molar-refractivity contribution in [2.75, 3.05) is 13.1 Å². The molecule has 3 heterocycles. The number of carbonyl (C=O) groups excluding carboxylic acids is 1. The van der Waals surface area contributed by atoms with Crippen LogP contribution in [0.15, 0.2) is 48.7 Å². The van der Waals surface area contributed by atoms with Gasteiger partial charge in [0.15, 0.2) is 0 Å². The maximum Gasteiger partial charge on any atom is 0.252 e. The number of carbonyl (C=O) groups is 1. The Bertz CT molecular complexity index is 1150. The molecule has 0 radical (unpaired) electrons. The molecular formula is C26H29N5O. The van der Waals surface area contributed by atoms with Gasteiger partial charge in [0.1, 0.15) is 11.8 Å². The van der Waals surface area contributed by atoms with E-state index in [2.05, 4.69) is 31.9 Å². The van der Waals surface area contributed by atoms with Crippen LogP contribution in [0.3, 0.4) is 0 Å². The van der Waals surface area contributed by atoms with Crippen LogP contribution >= 0.6 is 0 Å². The molecule has 3 aromatic rings. The van der Waals surface area contributed by atoms with E-state index in [1.165, 1.54) is 25.0 Å². The summed E-state index contributed by atoms with van der Waals surface area (Å²) in [6, 6.07) is 16.1. The first-order valence-corrected chi connectivity index (χ1v) is 11.7. The number of hydrogen-bond acceptors (Lipinski definition) is 4. The Hall–Kier alpha value is -3.17. The zero-order valence-electron chi connectivity index (χ0n) is 18.3. The summed E-state index contributed by atoms with van der Waals surface area (Å²) in [6.45, 7) is 3.97. The highest BCUT2D eigenvalue weighted by atomic mass is 16.1. The van der Waals surface area contributed by atoms with Crippen LogP contribution < -0.4 is 5.32 Å². The molecule has 32 heavy (non-hydrogen) atoms. The lowest BCUT2D eigenvalue weighted by atomic mass is 9.84. The SMILES string of the molecule is N#Cc1ccc2n1CCN(CCC1CCC(NC(=O)c3cccc4ncccc34)CC1)C2. The van der Waals surface area contributed by atoms with E-state index in [4.69, 9.17) is 0 Å². The van der Waals surface area contributed by atoms with Crippen molar-refractivity contribution in [3.63, 3.8) is 0 Å². The summed E-state index contributed by atoms with van der Waals surface area (Å²) in [4.78, 5) is 19.8. The Morgan fingerprint density at radius 2 is 1.97 bits per heavy atom. The standard InChI is InChI=1S/C26H29N5O/c27-17-21-10-11-22-18-30(15-16-31(21)22)14-12-19-6-8-20(9-7-19)29-26(32)24-3-1-5-25-23(24)4-2-13-28-25/h1-5,10-11,13,19-20H,6-9,12,14-16,18H2,(H,29,32). The van der Waals surface area contributed by atoms with E-state index >= 15 is 0 Å². The summed E-state index contributed by atoms with van der Waals surface area (Å²) in [6.07, 6.45) is 7.41. The van der Waals surface area contributed by atoms with Gasteiger partial charge >= 0.3 is 0 Å². The van der Waals surface area contributed by atoms with Crippen LogP contribution in [0, 0.1) is 17.2 Å². The summed E-state index contributed by atoms with van der Waals surface area (Å²) in [5.74, 6) is 0.744. The van der Waals surface area contributed by atoms with Gasteiger partial charge in [-0.15, -0.1) is 0 Å². The molecule has 0 unspecified atom stereocenters. The van der Waals surface area contributed by atoms with Gasteiger partial charge in [-0.1, -0.05) is 12.1 Å². The third-order valence-corrected chi connectivity index (χ3v) is 7.14. The molecule has 1 fully saturated rings. The molecule has 1 aliphatic heterocycles. The van der Waals surface area contributed by atoms with Crippen LogP contribution in [0.2, 0.25) is 0 Å². The highest BCUT2D eigenvalue weighted by molar-refractivity contribution is 6.06. The number of hydrogen-bond donors (Lipinski definition) is 1. The second-order valence-electron chi connectivity index (χ2n) is 9.10. The van der Waals surface area contributed by atoms with Crippen LogP contribution in [-0.4, -0.2) is 39.5 Å². The predicted molar refractivity (Wildman–Crippen MR) is 124 cm³/mol. The summed E-state index contributed by atoms with van der Waals surface area (Å²) in [5.41, 5.74) is 3.60. The highest BCUT2D eigenvalue weighted by Gasteiger charge is 2.25. The Labute approximate surface area is 188 Å². The second-order valence-corrected chi connectivity index (χ2v) is 9.10. The van der Waals surface area contributed by atoms with Crippen molar-refractivity contribution in [3.8, 4) is 6.07 Å². The monoisotopic (exact) mass is 427 g/mol. The van der Waals surface area contributed by atoms with E-state index in [9.17, 15) is 10.1 Å². The molecule has 1 N–H and O–H groups in total. The topological polar surface area (TPSA) is 74.0 Å². The number of nitriles is 1. The minimum atomic E-state index is 0.0140. The van der Waals surface area contributed by atoms with E-state index in [0.29, 0.717) is 5.56 Å². The fraction of sp³-hybridized carbons (Fsp3) is 0.423. The first-order valence-electron chi connectivity index (χ1n) is 11.7. The van der Waals surface area contributed by atoms with Gasteiger partial charge in [-0.05, 0) is 74.9 Å². The average molecular weight is 428 g/mol. The summed E-state index contributed by atoms with van der Waals surface area (Å²) < 4.78 is 2.15. The number of amides is 1. The Morgan fingerprint density at radius 1 is 1.09 bits per heavy atom. The van der Waals surface area contributed by atoms with Crippen molar-refractivity contribution in [1.82, 2.24) is 19.8 Å². The Kier molecular flexibility index (Phi) is 5.91. The number of pyridine rings is 1. The van der Waals surface area contributed by atoms with E-state index < -0.39 is 0 Å². The number of nitrogens with one attached hydrogen (secondary N) is 1. The van der Waals surface area contributed by atoms with Crippen molar-refractivity contribution >= 4 is 16.8 Å². The van der Waals surface area contributed by atoms with Gasteiger partial charge in [0.2, 0.25) is 0 Å². The number of fused-ring (bicyclic) bond motifs is 2. The van der Waals surface area contributed by atoms with Crippen molar-refractivity contribution in [3.05, 3.63) is 65.6 Å². The molecule has 1 saturated carbocycles. The lowest BCUT2D eigenvalue weighted by molar-refractivity contribution is 0.0921. The smallest absolute Gasteiger partial charge is 0.252 e. The van der Waals surface area contributed by atoms with Crippen LogP contribution in [0.5, 0.6) is 0 Å². The second kappa shape index (κ2) is 9.13. The summed E-state index contributed by atoms with van der Waals surface area (Å²) in [7, 11) is 0. The maximum atomic E-state index is 12.9. The van der Waals surface area contributed by atoms with Gasteiger partial charge in [0.05, 0.1) is 5.52 Å². The Morgan fingerprint density at radius 3 is 2.81 bits per heavy atom. The van der Waals surface area contributed by atoms with E-state index in [1.807, 2.05) is 36.4 Å². The molecule has 5 rings (SSSR count). The third kappa shape index (κ3) is 4.26. The molecule has 1 amide bonds. The van der Waals surface area contributed by atoms with Crippen LogP contribution in [0.1, 0.15) is 53.8 Å². The molecule has 0 atom stereocenters. The van der Waals surface area contributed by atoms with Crippen molar-refractivity contribution in [2.24, 2.45) is 5.92 Å². The minimum Gasteiger partial charge on any atom is -0.349 e. The normalized spacial score (nSPS) is 21.1. The lowest BCUT2D eigenvalue weighted by Gasteiger charge is -2.33. The molecule has 0 spiro atoms. The fourth-order valence-electron chi connectivity index (χ4n) is 5.28. The molecule has 1 aliphatic carbocycles. The number of nitrogens with zero attached hydrogens (tertiary/aromatic N) is 4. The van der Waals surface area contributed by atoms with Crippen molar-refractivity contribution in [1.29, 1.82) is 5.26 Å². The molecule has 6 heteroatoms. The van der Waals surface area contributed by atoms with Crippen molar-refractivity contribution in [2.45, 2.75) is 51.2 Å². The van der Waals surface area contributed by atoms with Crippen LogP contribution in [0.4, 0.5) is 0 Å². The maximum absolute atomic E-state index is 12.9. The first kappa shape index (κ1) is 20.7. The quantitative estimate of drug-likeness (QED) is 0.665. The van der Waals surface area contributed by atoms with Gasteiger partial charge in [-0.2, -0.15) is 5.26 Å². The lowest BCUT2D eigenvalue weighted by Crippen LogP contribution is -2.39. The van der Waals surface area contributed by atoms with E-state index in [1.54, 1.807) is 6.20 Å². The zero-order valence-corrected chi connectivity index (χ0v) is 18.3. The van der Waals surface area contributed by atoms with E-state index in [-0.39, 0.29) is 11.9 Å². The van der Waals surface area contributed by atoms with Crippen LogP contribution in [-0.2, 0) is 13.1 Å². The largest absolute Gasteiger partial charge is 0.349 e. The zero-order chi connectivity index (χ0) is 21.9. The number of rotatable bonds is 5. The fourth-order valence-corrected chi connectivity index (χ4v) is 5.28. The van der Waals surface area contributed by atoms with E-state index in [0.717, 1.165) is 61.5 Å².